The topological polar surface area (TPSA) is 35.5 Å². The Kier molecular flexibility index (Phi) is 17.3. The van der Waals surface area contributed by atoms with E-state index in [-0.39, 0.29) is 12.1 Å². The van der Waals surface area contributed by atoms with E-state index in [2.05, 4.69) is 38.1 Å². The van der Waals surface area contributed by atoms with Gasteiger partial charge in [-0.2, -0.15) is 0 Å². The van der Waals surface area contributed by atoms with Crippen molar-refractivity contribution in [3.63, 3.8) is 0 Å². The maximum absolute atomic E-state index is 12.5. The van der Waals surface area contributed by atoms with E-state index in [4.69, 9.17) is 9.47 Å². The van der Waals surface area contributed by atoms with Gasteiger partial charge in [0.1, 0.15) is 11.9 Å². The molecule has 212 valence electrons. The second kappa shape index (κ2) is 20.6. The zero-order valence-corrected chi connectivity index (χ0v) is 24.6. The number of aryl methyl sites for hydroxylation is 1. The molecular weight excluding hydrogens is 468 g/mol. The van der Waals surface area contributed by atoms with Crippen molar-refractivity contribution in [2.45, 2.75) is 136 Å². The predicted molar refractivity (Wildman–Crippen MR) is 161 cm³/mol. The zero-order chi connectivity index (χ0) is 27.3. The number of ether oxygens (including phenoxy) is 2. The van der Waals surface area contributed by atoms with Gasteiger partial charge >= 0.3 is 5.97 Å². The van der Waals surface area contributed by atoms with Gasteiger partial charge in [-0.3, -0.25) is 4.79 Å². The molecule has 0 aromatic heterocycles. The molecule has 0 amide bonds. The summed E-state index contributed by atoms with van der Waals surface area (Å²) in [6.45, 7) is 7.19. The van der Waals surface area contributed by atoms with Crippen molar-refractivity contribution >= 4 is 5.97 Å². The Hall–Kier alpha value is -2.29. The fourth-order valence-electron chi connectivity index (χ4n) is 4.84. The molecule has 1 atom stereocenters. The molecule has 0 aliphatic rings. The molecule has 0 saturated heterocycles. The van der Waals surface area contributed by atoms with Crippen LogP contribution in [0.2, 0.25) is 0 Å². The Balaban J connectivity index is 1.60. The molecule has 0 heterocycles. The first-order valence-corrected chi connectivity index (χ1v) is 15.6. The minimum Gasteiger partial charge on any atom is -0.494 e. The van der Waals surface area contributed by atoms with E-state index in [9.17, 15) is 4.79 Å². The van der Waals surface area contributed by atoms with Gasteiger partial charge in [0.05, 0.1) is 13.0 Å². The first-order chi connectivity index (χ1) is 18.6. The number of unbranched alkanes of at least 4 members (excludes halogenated alkanes) is 13. The van der Waals surface area contributed by atoms with Gasteiger partial charge in [-0.05, 0) is 55.0 Å². The monoisotopic (exact) mass is 522 g/mol. The lowest BCUT2D eigenvalue weighted by Gasteiger charge is -2.15. The third-order valence-corrected chi connectivity index (χ3v) is 7.36. The molecule has 2 aromatic carbocycles. The van der Waals surface area contributed by atoms with Gasteiger partial charge in [-0.1, -0.05) is 134 Å². The molecule has 1 unspecified atom stereocenters. The first-order valence-electron chi connectivity index (χ1n) is 15.6. The number of carbonyl (C=O) groups is 1. The molecule has 2 aromatic rings. The Morgan fingerprint density at radius 1 is 0.632 bits per heavy atom. The van der Waals surface area contributed by atoms with Crippen molar-refractivity contribution in [1.82, 2.24) is 0 Å². The minimum atomic E-state index is -0.277. The molecule has 0 bridgehead atoms. The van der Waals surface area contributed by atoms with Crippen LogP contribution in [0.25, 0.3) is 0 Å². The summed E-state index contributed by atoms with van der Waals surface area (Å²) in [6, 6.07) is 16.4. The molecule has 0 aliphatic carbocycles. The molecule has 0 fully saturated rings. The minimum absolute atomic E-state index is 0.188. The smallest absolute Gasteiger partial charge is 0.310 e. The Morgan fingerprint density at radius 2 is 1.13 bits per heavy atom. The van der Waals surface area contributed by atoms with Crippen molar-refractivity contribution in [3.05, 3.63) is 65.2 Å². The van der Waals surface area contributed by atoms with Gasteiger partial charge in [0, 0.05) is 0 Å². The van der Waals surface area contributed by atoms with Crippen molar-refractivity contribution < 1.29 is 14.3 Å². The van der Waals surface area contributed by atoms with E-state index in [0.717, 1.165) is 36.3 Å². The summed E-state index contributed by atoms with van der Waals surface area (Å²) in [7, 11) is 0. The summed E-state index contributed by atoms with van der Waals surface area (Å²) in [4.78, 5) is 12.5. The van der Waals surface area contributed by atoms with Crippen molar-refractivity contribution in [3.8, 4) is 5.75 Å². The molecular formula is C35H54O3. The lowest BCUT2D eigenvalue weighted by molar-refractivity contribution is -0.147. The van der Waals surface area contributed by atoms with Crippen LogP contribution in [-0.4, -0.2) is 12.6 Å². The maximum atomic E-state index is 12.5. The molecule has 2 rings (SSSR count). The van der Waals surface area contributed by atoms with Crippen molar-refractivity contribution in [2.24, 2.45) is 0 Å². The quantitative estimate of drug-likeness (QED) is 0.114. The number of hydrogen-bond acceptors (Lipinski definition) is 3. The summed E-state index contributed by atoms with van der Waals surface area (Å²) in [5, 5.41) is 0. The van der Waals surface area contributed by atoms with Gasteiger partial charge in [-0.15, -0.1) is 0 Å². The molecule has 0 saturated carbocycles. The molecule has 0 spiro atoms. The Labute approximate surface area is 233 Å². The van der Waals surface area contributed by atoms with Crippen molar-refractivity contribution in [2.75, 3.05) is 6.61 Å². The maximum Gasteiger partial charge on any atom is 0.310 e. The third-order valence-electron chi connectivity index (χ3n) is 7.36. The summed E-state index contributed by atoms with van der Waals surface area (Å²) in [5.41, 5.74) is 3.36. The van der Waals surface area contributed by atoms with Gasteiger partial charge < -0.3 is 9.47 Å². The number of rotatable bonds is 22. The fourth-order valence-corrected chi connectivity index (χ4v) is 4.84. The van der Waals surface area contributed by atoms with Crippen LogP contribution in [0.15, 0.2) is 48.5 Å². The van der Waals surface area contributed by atoms with E-state index >= 15 is 0 Å². The average Bonchev–Trinajstić information content (AvgIpc) is 2.93. The number of hydrogen-bond donors (Lipinski definition) is 0. The molecule has 0 aliphatic heterocycles. The first kappa shape index (κ1) is 31.9. The summed E-state index contributed by atoms with van der Waals surface area (Å²) in [6.07, 6.45) is 20.9. The van der Waals surface area contributed by atoms with Crippen LogP contribution in [0.5, 0.6) is 5.75 Å². The normalized spacial score (nSPS) is 11.9. The Morgan fingerprint density at radius 3 is 1.71 bits per heavy atom. The second-order valence-electron chi connectivity index (χ2n) is 10.9. The van der Waals surface area contributed by atoms with Crippen LogP contribution in [0.3, 0.4) is 0 Å². The third kappa shape index (κ3) is 14.6. The van der Waals surface area contributed by atoms with Crippen LogP contribution < -0.4 is 4.74 Å². The number of esters is 1. The van der Waals surface area contributed by atoms with Crippen LogP contribution in [0.4, 0.5) is 0 Å². The summed E-state index contributed by atoms with van der Waals surface area (Å²) >= 11 is 0. The lowest BCUT2D eigenvalue weighted by Crippen LogP contribution is -2.11. The standard InChI is InChI=1S/C35H54O3/c1-4-6-8-10-11-12-13-14-15-17-19-31-20-22-32(23-21-31)29-35(36)38-30(3)33-24-26-34(27-25-33)37-28-18-16-9-7-5-2/h20-27,30H,4-19,28-29H2,1-3H3. The zero-order valence-electron chi connectivity index (χ0n) is 24.6. The SMILES string of the molecule is CCCCCCCCCCCCc1ccc(CC(=O)OC(C)c2ccc(OCCCCCCC)cc2)cc1. The molecule has 38 heavy (non-hydrogen) atoms. The average molecular weight is 523 g/mol. The van der Waals surface area contributed by atoms with Gasteiger partial charge in [0.15, 0.2) is 0 Å². The highest BCUT2D eigenvalue weighted by molar-refractivity contribution is 5.72. The summed E-state index contributed by atoms with van der Waals surface area (Å²) in [5.74, 6) is 0.688. The van der Waals surface area contributed by atoms with E-state index in [1.807, 2.05) is 31.2 Å². The van der Waals surface area contributed by atoms with E-state index < -0.39 is 0 Å². The number of carbonyl (C=O) groups excluding carboxylic acids is 1. The van der Waals surface area contributed by atoms with Crippen LogP contribution in [0, 0.1) is 0 Å². The highest BCUT2D eigenvalue weighted by atomic mass is 16.5. The van der Waals surface area contributed by atoms with E-state index in [1.165, 1.54) is 95.5 Å². The molecule has 0 N–H and O–H groups in total. The Bertz CT molecular complexity index is 840. The highest BCUT2D eigenvalue weighted by Crippen LogP contribution is 2.22. The number of benzene rings is 2. The molecule has 3 heteroatoms. The largest absolute Gasteiger partial charge is 0.494 e. The predicted octanol–water partition coefficient (Wildman–Crippen LogP) is 10.3. The van der Waals surface area contributed by atoms with Gasteiger partial charge in [0.2, 0.25) is 0 Å². The van der Waals surface area contributed by atoms with Crippen LogP contribution in [-0.2, 0) is 22.4 Å². The highest BCUT2D eigenvalue weighted by Gasteiger charge is 2.13. The van der Waals surface area contributed by atoms with Crippen LogP contribution >= 0.6 is 0 Å². The lowest BCUT2D eigenvalue weighted by atomic mass is 10.0. The van der Waals surface area contributed by atoms with Crippen LogP contribution in [0.1, 0.15) is 140 Å². The van der Waals surface area contributed by atoms with E-state index in [1.54, 1.807) is 0 Å². The fraction of sp³-hybridized carbons (Fsp3) is 0.629. The second-order valence-corrected chi connectivity index (χ2v) is 10.9. The van der Waals surface area contributed by atoms with E-state index in [0.29, 0.717) is 6.42 Å². The van der Waals surface area contributed by atoms with Crippen molar-refractivity contribution in [1.29, 1.82) is 0 Å². The van der Waals surface area contributed by atoms with Gasteiger partial charge in [-0.25, -0.2) is 0 Å². The van der Waals surface area contributed by atoms with Gasteiger partial charge in [0.25, 0.3) is 0 Å². The molecule has 3 nitrogen and oxygen atoms in total. The summed E-state index contributed by atoms with van der Waals surface area (Å²) < 4.78 is 11.5. The molecule has 0 radical (unpaired) electrons.